The molecule has 0 aliphatic rings. The summed E-state index contributed by atoms with van der Waals surface area (Å²) in [6.45, 7) is 24.8. The molecule has 1 unspecified atom stereocenters. The quantitative estimate of drug-likeness (QED) is 0.313. The second kappa shape index (κ2) is 19.4. The van der Waals surface area contributed by atoms with E-state index in [0.717, 1.165) is 25.1 Å². The molecule has 0 heterocycles. The molecule has 0 aliphatic carbocycles. The first kappa shape index (κ1) is 33.1. The van der Waals surface area contributed by atoms with Crippen molar-refractivity contribution >= 4 is 0 Å². The van der Waals surface area contributed by atoms with Gasteiger partial charge in [0.05, 0.1) is 0 Å². The molecule has 2 rings (SSSR count). The van der Waals surface area contributed by atoms with Crippen LogP contribution in [0.3, 0.4) is 0 Å². The highest BCUT2D eigenvalue weighted by atomic mass is 16.5. The van der Waals surface area contributed by atoms with Crippen molar-refractivity contribution in [3.8, 4) is 5.75 Å². The van der Waals surface area contributed by atoms with Gasteiger partial charge in [-0.3, -0.25) is 4.90 Å². The van der Waals surface area contributed by atoms with E-state index in [0.29, 0.717) is 24.6 Å². The normalized spacial score (nSPS) is 11.0. The predicted octanol–water partition coefficient (Wildman–Crippen LogP) is 9.28. The molecule has 0 saturated carbocycles. The van der Waals surface area contributed by atoms with Crippen molar-refractivity contribution < 1.29 is 4.74 Å². The molecule has 0 bridgehead atoms. The van der Waals surface area contributed by atoms with Gasteiger partial charge in [-0.05, 0) is 65.6 Å². The molecule has 0 fully saturated rings. The lowest BCUT2D eigenvalue weighted by atomic mass is 9.86. The van der Waals surface area contributed by atoms with Crippen LogP contribution in [0.15, 0.2) is 61.2 Å². The predicted molar refractivity (Wildman–Crippen MR) is 151 cm³/mol. The first-order valence-corrected chi connectivity index (χ1v) is 12.6. The van der Waals surface area contributed by atoms with Crippen LogP contribution in [0.2, 0.25) is 0 Å². The SMILES string of the molecule is C.C=CCOc1ccc(C)cc1C(CCCN(C(C)C)C(C)C)c1ccccc1.CC.CC. The van der Waals surface area contributed by atoms with E-state index in [-0.39, 0.29) is 7.43 Å². The minimum atomic E-state index is 0. The van der Waals surface area contributed by atoms with Gasteiger partial charge in [-0.2, -0.15) is 0 Å². The monoisotopic (exact) mass is 455 g/mol. The average Bonchev–Trinajstić information content (AvgIpc) is 2.81. The summed E-state index contributed by atoms with van der Waals surface area (Å²) in [6, 6.07) is 18.5. The largest absolute Gasteiger partial charge is 0.489 e. The second-order valence-corrected chi connectivity index (χ2v) is 8.17. The molecule has 188 valence electrons. The molecule has 0 saturated heterocycles. The third-order valence-corrected chi connectivity index (χ3v) is 5.34. The highest BCUT2D eigenvalue weighted by molar-refractivity contribution is 5.44. The number of aryl methyl sites for hydroxylation is 1. The standard InChI is InChI=1S/C26H37NO.2C2H6.CH4/c1-7-18-28-26-16-15-22(6)19-25(26)24(23-12-9-8-10-13-23)14-11-17-27(20(2)3)21(4)5;2*1-2;/h7-10,12-13,15-16,19-21,24H,1,11,14,17-18H2,2-6H3;2*1-2H3;1H4. The Morgan fingerprint density at radius 3 is 2.00 bits per heavy atom. The minimum absolute atomic E-state index is 0. The zero-order valence-electron chi connectivity index (χ0n) is 22.3. The van der Waals surface area contributed by atoms with Crippen molar-refractivity contribution in [3.63, 3.8) is 0 Å². The van der Waals surface area contributed by atoms with Crippen LogP contribution >= 0.6 is 0 Å². The van der Waals surface area contributed by atoms with Crippen molar-refractivity contribution in [1.82, 2.24) is 4.90 Å². The Morgan fingerprint density at radius 2 is 1.48 bits per heavy atom. The molecular formula is C31H53NO. The molecule has 0 spiro atoms. The maximum Gasteiger partial charge on any atom is 0.123 e. The third kappa shape index (κ3) is 11.6. The first-order chi connectivity index (χ1) is 15.4. The van der Waals surface area contributed by atoms with Crippen LogP contribution in [0.4, 0.5) is 0 Å². The summed E-state index contributed by atoms with van der Waals surface area (Å²) in [5.41, 5.74) is 3.92. The van der Waals surface area contributed by atoms with Crippen molar-refractivity contribution in [1.29, 1.82) is 0 Å². The molecule has 2 heteroatoms. The van der Waals surface area contributed by atoms with Crippen LogP contribution in [0.25, 0.3) is 0 Å². The van der Waals surface area contributed by atoms with E-state index in [1.54, 1.807) is 0 Å². The van der Waals surface area contributed by atoms with Gasteiger partial charge in [-0.15, -0.1) is 0 Å². The Labute approximate surface area is 207 Å². The van der Waals surface area contributed by atoms with Gasteiger partial charge in [0.2, 0.25) is 0 Å². The lowest BCUT2D eigenvalue weighted by molar-refractivity contribution is 0.171. The van der Waals surface area contributed by atoms with Crippen LogP contribution < -0.4 is 4.74 Å². The Bertz CT molecular complexity index is 713. The van der Waals surface area contributed by atoms with Crippen LogP contribution in [0.5, 0.6) is 5.75 Å². The van der Waals surface area contributed by atoms with Crippen LogP contribution in [-0.2, 0) is 0 Å². The van der Waals surface area contributed by atoms with Crippen LogP contribution in [-0.4, -0.2) is 30.1 Å². The molecule has 2 aromatic rings. The number of nitrogens with zero attached hydrogens (tertiary/aromatic N) is 1. The zero-order valence-corrected chi connectivity index (χ0v) is 22.3. The number of rotatable bonds is 11. The maximum atomic E-state index is 6.02. The summed E-state index contributed by atoms with van der Waals surface area (Å²) >= 11 is 0. The van der Waals surface area contributed by atoms with Crippen molar-refractivity contribution in [3.05, 3.63) is 77.9 Å². The Morgan fingerprint density at radius 1 is 0.909 bits per heavy atom. The summed E-state index contributed by atoms with van der Waals surface area (Å²) in [5, 5.41) is 0. The van der Waals surface area contributed by atoms with Gasteiger partial charge in [0.25, 0.3) is 0 Å². The number of hydrogen-bond acceptors (Lipinski definition) is 2. The summed E-state index contributed by atoms with van der Waals surface area (Å²) in [6.07, 6.45) is 4.07. The van der Waals surface area contributed by atoms with Gasteiger partial charge in [0.15, 0.2) is 0 Å². The van der Waals surface area contributed by atoms with E-state index >= 15 is 0 Å². The summed E-state index contributed by atoms with van der Waals surface area (Å²) in [7, 11) is 0. The smallest absolute Gasteiger partial charge is 0.123 e. The maximum absolute atomic E-state index is 6.02. The molecule has 0 amide bonds. The van der Waals surface area contributed by atoms with E-state index < -0.39 is 0 Å². The molecule has 2 nitrogen and oxygen atoms in total. The van der Waals surface area contributed by atoms with E-state index in [4.69, 9.17) is 4.74 Å². The molecule has 1 atom stereocenters. The van der Waals surface area contributed by atoms with E-state index in [2.05, 4.69) is 94.6 Å². The van der Waals surface area contributed by atoms with E-state index in [1.165, 1.54) is 16.7 Å². The fraction of sp³-hybridized carbons (Fsp3) is 0.548. The molecule has 0 N–H and O–H groups in total. The third-order valence-electron chi connectivity index (χ3n) is 5.34. The molecular weight excluding hydrogens is 402 g/mol. The Hall–Kier alpha value is -2.06. The first-order valence-electron chi connectivity index (χ1n) is 12.6. The summed E-state index contributed by atoms with van der Waals surface area (Å²) in [4.78, 5) is 2.58. The number of ether oxygens (including phenoxy) is 1. The molecule has 0 aromatic heterocycles. The van der Waals surface area contributed by atoms with Crippen LogP contribution in [0, 0.1) is 6.92 Å². The van der Waals surface area contributed by atoms with Gasteiger partial charge in [0.1, 0.15) is 12.4 Å². The average molecular weight is 456 g/mol. The topological polar surface area (TPSA) is 12.5 Å². The molecule has 0 aliphatic heterocycles. The fourth-order valence-corrected chi connectivity index (χ4v) is 4.00. The van der Waals surface area contributed by atoms with Crippen molar-refractivity contribution in [2.75, 3.05) is 13.2 Å². The highest BCUT2D eigenvalue weighted by Gasteiger charge is 2.20. The van der Waals surface area contributed by atoms with Gasteiger partial charge in [0, 0.05) is 23.6 Å². The van der Waals surface area contributed by atoms with Crippen LogP contribution in [0.1, 0.15) is 98.3 Å². The van der Waals surface area contributed by atoms with E-state index in [9.17, 15) is 0 Å². The zero-order chi connectivity index (χ0) is 24.5. The lowest BCUT2D eigenvalue weighted by Gasteiger charge is -2.31. The summed E-state index contributed by atoms with van der Waals surface area (Å²) in [5.74, 6) is 1.31. The van der Waals surface area contributed by atoms with Gasteiger partial charge >= 0.3 is 0 Å². The fourth-order valence-electron chi connectivity index (χ4n) is 4.00. The second-order valence-electron chi connectivity index (χ2n) is 8.17. The van der Waals surface area contributed by atoms with Gasteiger partial charge in [-0.25, -0.2) is 0 Å². The molecule has 0 radical (unpaired) electrons. The summed E-state index contributed by atoms with van der Waals surface area (Å²) < 4.78 is 6.02. The molecule has 2 aromatic carbocycles. The number of hydrogen-bond donors (Lipinski definition) is 0. The van der Waals surface area contributed by atoms with Gasteiger partial charge in [-0.1, -0.05) is 95.8 Å². The Kier molecular flexibility index (Phi) is 19.5. The number of benzene rings is 2. The lowest BCUT2D eigenvalue weighted by Crippen LogP contribution is -2.37. The van der Waals surface area contributed by atoms with Crippen molar-refractivity contribution in [2.45, 2.75) is 101 Å². The molecule has 33 heavy (non-hydrogen) atoms. The minimum Gasteiger partial charge on any atom is -0.489 e. The Balaban J connectivity index is 0. The highest BCUT2D eigenvalue weighted by Crippen LogP contribution is 2.36. The van der Waals surface area contributed by atoms with E-state index in [1.807, 2.05) is 33.8 Å². The van der Waals surface area contributed by atoms with Crippen molar-refractivity contribution in [2.24, 2.45) is 0 Å². The van der Waals surface area contributed by atoms with Gasteiger partial charge < -0.3 is 4.74 Å².